The van der Waals surface area contributed by atoms with Crippen LogP contribution in [0.3, 0.4) is 0 Å². The minimum Gasteiger partial charge on any atom is -0.384 e. The number of rotatable bonds is 12. The van der Waals surface area contributed by atoms with Crippen molar-refractivity contribution >= 4 is 23.4 Å². The largest absolute Gasteiger partial charge is 0.416 e. The Balaban J connectivity index is 1.62. The van der Waals surface area contributed by atoms with Gasteiger partial charge in [-0.15, -0.1) is 11.8 Å². The Kier molecular flexibility index (Phi) is 6.50. The van der Waals surface area contributed by atoms with E-state index in [4.69, 9.17) is 17.8 Å². The highest BCUT2D eigenvalue weighted by atomic mass is 32.2. The Morgan fingerprint density at radius 3 is 2.47 bits per heavy atom. The first kappa shape index (κ1) is 20.5. The highest BCUT2D eigenvalue weighted by molar-refractivity contribution is 8.02. The highest BCUT2D eigenvalue weighted by Crippen LogP contribution is 2.41. The first-order valence-electron chi connectivity index (χ1n) is 25.6. The summed E-state index contributed by atoms with van der Waals surface area (Å²) in [6.45, 7) is -14.8. The zero-order valence-electron chi connectivity index (χ0n) is 47.5. The Morgan fingerprint density at radius 1 is 1.09 bits per heavy atom. The highest BCUT2D eigenvalue weighted by Gasteiger charge is 2.33. The van der Waals surface area contributed by atoms with Crippen molar-refractivity contribution in [2.75, 3.05) is 44.6 Å². The van der Waals surface area contributed by atoms with Gasteiger partial charge in [-0.1, -0.05) is 66.2 Å². The number of aliphatic hydroxyl groups excluding tert-OH is 1. The Hall–Kier alpha value is -4.23. The van der Waals surface area contributed by atoms with Crippen molar-refractivity contribution in [3.63, 3.8) is 0 Å². The van der Waals surface area contributed by atoms with Gasteiger partial charge in [-0.25, -0.2) is 8.78 Å². The molecular formula is C41H42F5N3O3S. The number of nitrogens with zero attached hydrogens (tertiary/aromatic N) is 3. The summed E-state index contributed by atoms with van der Waals surface area (Å²) in [5, 5.41) is 10.3. The minimum atomic E-state index is -4.70. The molecule has 2 aliphatic rings. The standard InChI is InChI=1S/C41H42F5N3O3S/c1-27-6-15-36-34(22-27)37(50)23-39(53-26-31-4-3-5-35(42)40(31)43)49(36)25-38(51)48(33-16-18-47(19-17-33)20-21-52-2)24-28-7-9-29(10-8-28)30-11-13-32(14-12-30)41(44,45)46/h3-15,22-23,33,37,50H,16-21,24-26H2,1-2H3/i2D3,6D,15D,16D2,17D2,18D2,19D2,22D,23D,25D2,26D2,33D. The van der Waals surface area contributed by atoms with Crippen LogP contribution in [0.5, 0.6) is 0 Å². The van der Waals surface area contributed by atoms with Crippen LogP contribution in [0, 0.1) is 18.6 Å². The van der Waals surface area contributed by atoms with Crippen LogP contribution in [0.15, 0.2) is 95.9 Å². The molecule has 1 N–H and O–H groups in total. The van der Waals surface area contributed by atoms with E-state index in [-0.39, 0.29) is 48.7 Å². The number of carbonyl (C=O) groups is 1. The fraction of sp³-hybridized carbons (Fsp3) is 0.341. The van der Waals surface area contributed by atoms with Crippen LogP contribution in [-0.4, -0.2) is 66.5 Å². The number of methoxy groups -OCH3 is 1. The maximum absolute atomic E-state index is 15.7. The van der Waals surface area contributed by atoms with Crippen molar-refractivity contribution in [3.05, 3.63) is 135 Å². The number of alkyl halides is 3. The summed E-state index contributed by atoms with van der Waals surface area (Å²) in [6, 6.07) is 2.17. The lowest BCUT2D eigenvalue weighted by Crippen LogP contribution is -2.50. The molecule has 0 radical (unpaired) electrons. The van der Waals surface area contributed by atoms with Crippen molar-refractivity contribution in [2.45, 2.75) is 50.2 Å². The molecule has 6 rings (SSSR count). The van der Waals surface area contributed by atoms with Gasteiger partial charge in [0.05, 0.1) is 30.9 Å². The molecule has 1 unspecified atom stereocenters. The number of likely N-dealkylation sites (tertiary alicyclic amines) is 1. The number of benzene rings is 4. The average Bonchev–Trinajstić information content (AvgIpc) is 3.28. The van der Waals surface area contributed by atoms with Gasteiger partial charge in [-0.3, -0.25) is 4.79 Å². The van der Waals surface area contributed by atoms with Crippen molar-refractivity contribution in [2.24, 2.45) is 0 Å². The van der Waals surface area contributed by atoms with E-state index < -0.39 is 152 Å². The van der Waals surface area contributed by atoms with Gasteiger partial charge in [0.15, 0.2) is 11.6 Å². The molecule has 1 amide bonds. The third-order valence-electron chi connectivity index (χ3n) is 7.71. The van der Waals surface area contributed by atoms with Crippen molar-refractivity contribution in [3.8, 4) is 11.1 Å². The van der Waals surface area contributed by atoms with E-state index >= 15 is 9.18 Å². The van der Waals surface area contributed by atoms with Crippen molar-refractivity contribution < 1.29 is 64.0 Å². The number of carbonyl (C=O) groups excluding carboxylic acids is 1. The van der Waals surface area contributed by atoms with E-state index in [9.17, 15) is 32.3 Å². The summed E-state index contributed by atoms with van der Waals surface area (Å²) in [6.07, 6.45) is -15.7. The normalized spacial score (nSPS) is 27.6. The third kappa shape index (κ3) is 9.29. The van der Waals surface area contributed by atoms with Crippen LogP contribution in [-0.2, 0) is 28.0 Å². The molecule has 12 heteroatoms. The van der Waals surface area contributed by atoms with Gasteiger partial charge in [0.2, 0.25) is 5.91 Å². The summed E-state index contributed by atoms with van der Waals surface area (Å²) < 4.78 is 252. The number of thioether (sulfide) groups is 1. The SMILES string of the molecule is [2H]C1=C(SC([2H])([2H])c2cccc(F)c2F)N(C([2H])([2H])C(=O)N(Cc2ccc(-c3ccc(C(F)(F)F)cc3)cc2)C2([2H])C([2H])([2H])C([2H])([2H])N(CCOC([2H])([2H])[2H])C([2H])([2H])C2([2H])[2H])c2c([2H])c([2H])c(C)c([2H])c2C1O. The second kappa shape index (κ2) is 16.8. The second-order valence-electron chi connectivity index (χ2n) is 11.4. The van der Waals surface area contributed by atoms with E-state index in [0.29, 0.717) is 6.07 Å². The van der Waals surface area contributed by atoms with Crippen LogP contribution in [0.2, 0.25) is 0 Å². The van der Waals surface area contributed by atoms with E-state index in [2.05, 4.69) is 4.74 Å². The van der Waals surface area contributed by atoms with E-state index in [1.807, 2.05) is 0 Å². The molecule has 0 bridgehead atoms. The maximum atomic E-state index is 15.7. The number of fused-ring (bicyclic) bond motifs is 1. The number of halogens is 5. The lowest BCUT2D eigenvalue weighted by atomic mass is 9.99. The second-order valence-corrected chi connectivity index (χ2v) is 12.1. The molecular weight excluding hydrogens is 710 g/mol. The van der Waals surface area contributed by atoms with Gasteiger partial charge in [0.1, 0.15) is 12.6 Å². The first-order chi connectivity index (χ1) is 33.1. The summed E-state index contributed by atoms with van der Waals surface area (Å²) in [4.78, 5) is 15.3. The molecule has 2 aliphatic heterocycles. The van der Waals surface area contributed by atoms with E-state index in [0.717, 1.165) is 55.5 Å². The predicted molar refractivity (Wildman–Crippen MR) is 198 cm³/mol. The molecule has 0 aliphatic carbocycles. The van der Waals surface area contributed by atoms with Gasteiger partial charge < -0.3 is 24.5 Å². The van der Waals surface area contributed by atoms with Crippen molar-refractivity contribution in [1.29, 1.82) is 0 Å². The Morgan fingerprint density at radius 2 is 1.79 bits per heavy atom. The average molecular weight is 772 g/mol. The Labute approximate surface area is 339 Å². The molecule has 4 aromatic carbocycles. The topological polar surface area (TPSA) is 56.3 Å². The maximum Gasteiger partial charge on any atom is 0.416 e. The molecule has 0 aromatic heterocycles. The van der Waals surface area contributed by atoms with E-state index in [1.54, 1.807) is 0 Å². The zero-order chi connectivity index (χ0) is 55.4. The van der Waals surface area contributed by atoms with Crippen LogP contribution < -0.4 is 4.90 Å². The number of anilines is 1. The quantitative estimate of drug-likeness (QED) is 0.146. The summed E-state index contributed by atoms with van der Waals surface area (Å²) in [5.74, 6) is -5.72. The molecule has 0 saturated carbocycles. The van der Waals surface area contributed by atoms with Crippen molar-refractivity contribution in [1.82, 2.24) is 9.80 Å². The fourth-order valence-electron chi connectivity index (χ4n) is 5.04. The number of ether oxygens (including phenoxy) is 1. The molecule has 2 heterocycles. The molecule has 280 valence electrons. The predicted octanol–water partition coefficient (Wildman–Crippen LogP) is 8.73. The molecule has 53 heavy (non-hydrogen) atoms. The van der Waals surface area contributed by atoms with Crippen LogP contribution >= 0.6 is 11.8 Å². The van der Waals surface area contributed by atoms with Gasteiger partial charge >= 0.3 is 6.18 Å². The summed E-state index contributed by atoms with van der Waals surface area (Å²) in [5.41, 5.74) is -7.65. The number of piperidine rings is 1. The molecule has 1 fully saturated rings. The molecule has 6 nitrogen and oxygen atoms in total. The number of hydrogen-bond donors (Lipinski definition) is 1. The molecule has 0 spiro atoms. The van der Waals surface area contributed by atoms with Gasteiger partial charge in [0.25, 0.3) is 0 Å². The summed E-state index contributed by atoms with van der Waals surface area (Å²) >= 11 is -0.356. The lowest BCUT2D eigenvalue weighted by Gasteiger charge is -2.40. The molecule has 1 atom stereocenters. The van der Waals surface area contributed by atoms with E-state index in [1.165, 1.54) is 12.1 Å². The fourth-order valence-corrected chi connectivity index (χ4v) is 5.80. The first-order valence-corrected chi connectivity index (χ1v) is 16.4. The lowest BCUT2D eigenvalue weighted by molar-refractivity contribution is -0.137. The van der Waals surface area contributed by atoms with Crippen LogP contribution in [0.4, 0.5) is 27.6 Å². The third-order valence-corrected chi connectivity index (χ3v) is 8.53. The summed E-state index contributed by atoms with van der Waals surface area (Å²) in [7, 11) is -3.18. The molecule has 1 saturated heterocycles. The molecule has 4 aromatic rings. The van der Waals surface area contributed by atoms with Crippen LogP contribution in [0.1, 0.15) is 74.1 Å². The van der Waals surface area contributed by atoms with Gasteiger partial charge in [-0.2, -0.15) is 13.2 Å². The Bertz CT molecular complexity index is 2810. The smallest absolute Gasteiger partial charge is 0.384 e. The zero-order valence-corrected chi connectivity index (χ0v) is 28.3. The number of hydrogen-bond acceptors (Lipinski definition) is 6. The monoisotopic (exact) mass is 771 g/mol. The van der Waals surface area contributed by atoms with Gasteiger partial charge in [0, 0.05) is 75.4 Å². The number of aliphatic hydroxyl groups is 1. The van der Waals surface area contributed by atoms with Gasteiger partial charge in [-0.05, 0) is 66.7 Å². The minimum absolute atomic E-state index is 0.0168. The van der Waals surface area contributed by atoms with Crippen LogP contribution in [0.25, 0.3) is 11.1 Å². The number of amides is 1.